The Labute approximate surface area is 87.0 Å². The summed E-state index contributed by atoms with van der Waals surface area (Å²) in [6, 6.07) is 0.982. The molecule has 0 radical (unpaired) electrons. The summed E-state index contributed by atoms with van der Waals surface area (Å²) in [6.45, 7) is 7.58. The second-order valence-electron chi connectivity index (χ2n) is 3.84. The minimum atomic E-state index is 0.362. The Bertz CT molecular complexity index is 93.1. The Morgan fingerprint density at radius 1 is 1.23 bits per heavy atom. The zero-order valence-electron chi connectivity index (χ0n) is 9.18. The van der Waals surface area contributed by atoms with Gasteiger partial charge in [-0.2, -0.15) is 11.8 Å². The van der Waals surface area contributed by atoms with Crippen molar-refractivity contribution >= 4 is 11.8 Å². The number of thioether (sulfide) groups is 1. The van der Waals surface area contributed by atoms with Crippen LogP contribution in [-0.2, 0) is 0 Å². The Balaban J connectivity index is 2.92. The maximum Gasteiger partial charge on any atom is 0.00183 e. The summed E-state index contributed by atoms with van der Waals surface area (Å²) in [5.74, 6) is 2.46. The fourth-order valence-electron chi connectivity index (χ4n) is 0.936. The summed E-state index contributed by atoms with van der Waals surface area (Å²) in [6.07, 6.45) is 2.41. The molecule has 1 unspecified atom stereocenters. The summed E-state index contributed by atoms with van der Waals surface area (Å²) in [5.41, 5.74) is 5.65. The summed E-state index contributed by atoms with van der Waals surface area (Å²) in [7, 11) is 0. The summed E-state index contributed by atoms with van der Waals surface area (Å²) < 4.78 is 0. The molecule has 0 aromatic heterocycles. The van der Waals surface area contributed by atoms with E-state index in [4.69, 9.17) is 5.73 Å². The molecule has 0 fully saturated rings. The van der Waals surface area contributed by atoms with E-state index in [1.165, 1.54) is 17.9 Å². The van der Waals surface area contributed by atoms with Crippen molar-refractivity contribution in [1.82, 2.24) is 5.32 Å². The smallest absolute Gasteiger partial charge is 0.00183 e. The van der Waals surface area contributed by atoms with Crippen LogP contribution in [0.1, 0.15) is 33.6 Å². The van der Waals surface area contributed by atoms with Crippen molar-refractivity contribution in [2.75, 3.05) is 18.1 Å². The van der Waals surface area contributed by atoms with Crippen LogP contribution in [0.3, 0.4) is 0 Å². The van der Waals surface area contributed by atoms with E-state index in [0.29, 0.717) is 12.1 Å². The molecule has 13 heavy (non-hydrogen) atoms. The first-order chi connectivity index (χ1) is 6.13. The quantitative estimate of drug-likeness (QED) is 0.593. The topological polar surface area (TPSA) is 38.0 Å². The lowest BCUT2D eigenvalue weighted by Gasteiger charge is -2.07. The summed E-state index contributed by atoms with van der Waals surface area (Å²) in [4.78, 5) is 0. The van der Waals surface area contributed by atoms with Gasteiger partial charge in [0.05, 0.1) is 0 Å². The largest absolute Gasteiger partial charge is 0.328 e. The van der Waals surface area contributed by atoms with Crippen molar-refractivity contribution in [3.05, 3.63) is 0 Å². The van der Waals surface area contributed by atoms with E-state index in [-0.39, 0.29) is 0 Å². The first kappa shape index (κ1) is 13.3. The number of rotatable bonds is 8. The molecule has 3 heteroatoms. The highest BCUT2D eigenvalue weighted by Crippen LogP contribution is 2.05. The van der Waals surface area contributed by atoms with Crippen molar-refractivity contribution in [2.45, 2.75) is 45.7 Å². The Kier molecular flexibility index (Phi) is 9.03. The number of hydrogen-bond acceptors (Lipinski definition) is 3. The maximum absolute atomic E-state index is 5.65. The van der Waals surface area contributed by atoms with E-state index in [9.17, 15) is 0 Å². The predicted octanol–water partition coefficient (Wildman–Crippen LogP) is 1.84. The molecule has 0 aliphatic heterocycles. The van der Waals surface area contributed by atoms with E-state index < -0.39 is 0 Å². The van der Waals surface area contributed by atoms with Gasteiger partial charge in [0.25, 0.3) is 0 Å². The van der Waals surface area contributed by atoms with Gasteiger partial charge in [0.15, 0.2) is 0 Å². The van der Waals surface area contributed by atoms with Crippen LogP contribution in [0.15, 0.2) is 0 Å². The SMILES string of the molecule is CC(N)CCSCCCNC(C)C. The van der Waals surface area contributed by atoms with E-state index in [2.05, 4.69) is 26.1 Å². The van der Waals surface area contributed by atoms with Crippen LogP contribution < -0.4 is 11.1 Å². The maximum atomic E-state index is 5.65. The highest BCUT2D eigenvalue weighted by molar-refractivity contribution is 7.99. The molecule has 0 saturated carbocycles. The summed E-state index contributed by atoms with van der Waals surface area (Å²) in [5, 5.41) is 3.41. The highest BCUT2D eigenvalue weighted by atomic mass is 32.2. The van der Waals surface area contributed by atoms with Gasteiger partial charge in [-0.15, -0.1) is 0 Å². The molecule has 0 aliphatic carbocycles. The van der Waals surface area contributed by atoms with Gasteiger partial charge in [0.1, 0.15) is 0 Å². The molecule has 0 spiro atoms. The lowest BCUT2D eigenvalue weighted by molar-refractivity contribution is 0.585. The van der Waals surface area contributed by atoms with Crippen LogP contribution in [0.2, 0.25) is 0 Å². The van der Waals surface area contributed by atoms with Gasteiger partial charge in [0.2, 0.25) is 0 Å². The Hall–Kier alpha value is 0.270. The van der Waals surface area contributed by atoms with Gasteiger partial charge in [0, 0.05) is 12.1 Å². The normalized spacial score (nSPS) is 13.6. The average molecular weight is 204 g/mol. The van der Waals surface area contributed by atoms with E-state index >= 15 is 0 Å². The third-order valence-electron chi connectivity index (χ3n) is 1.74. The van der Waals surface area contributed by atoms with Gasteiger partial charge in [-0.25, -0.2) is 0 Å². The average Bonchev–Trinajstić information content (AvgIpc) is 2.01. The molecule has 0 bridgehead atoms. The number of nitrogens with two attached hydrogens (primary N) is 1. The van der Waals surface area contributed by atoms with Crippen LogP contribution in [0.4, 0.5) is 0 Å². The minimum Gasteiger partial charge on any atom is -0.328 e. The minimum absolute atomic E-state index is 0.362. The zero-order chi connectivity index (χ0) is 10.1. The second-order valence-corrected chi connectivity index (χ2v) is 5.07. The fraction of sp³-hybridized carbons (Fsp3) is 1.00. The van der Waals surface area contributed by atoms with E-state index in [1.54, 1.807) is 0 Å². The molecule has 0 heterocycles. The Morgan fingerprint density at radius 3 is 2.46 bits per heavy atom. The third kappa shape index (κ3) is 12.3. The van der Waals surface area contributed by atoms with Crippen LogP contribution in [0.5, 0.6) is 0 Å². The van der Waals surface area contributed by atoms with Gasteiger partial charge in [-0.3, -0.25) is 0 Å². The first-order valence-corrected chi connectivity index (χ1v) is 6.35. The molecule has 0 saturated heterocycles. The molecular weight excluding hydrogens is 180 g/mol. The summed E-state index contributed by atoms with van der Waals surface area (Å²) >= 11 is 2.01. The number of hydrogen-bond donors (Lipinski definition) is 2. The van der Waals surface area contributed by atoms with E-state index in [1.807, 2.05) is 11.8 Å². The van der Waals surface area contributed by atoms with Crippen LogP contribution >= 0.6 is 11.8 Å². The van der Waals surface area contributed by atoms with Crippen LogP contribution in [0, 0.1) is 0 Å². The molecule has 0 aromatic rings. The third-order valence-corrected chi connectivity index (χ3v) is 2.84. The first-order valence-electron chi connectivity index (χ1n) is 5.19. The van der Waals surface area contributed by atoms with Crippen LogP contribution in [-0.4, -0.2) is 30.1 Å². The van der Waals surface area contributed by atoms with Crippen molar-refractivity contribution in [2.24, 2.45) is 5.73 Å². The van der Waals surface area contributed by atoms with Crippen molar-refractivity contribution in [3.8, 4) is 0 Å². The lowest BCUT2D eigenvalue weighted by Crippen LogP contribution is -2.24. The zero-order valence-corrected chi connectivity index (χ0v) is 9.99. The molecule has 80 valence electrons. The standard InChI is InChI=1S/C10H24N2S/c1-9(2)12-6-4-7-13-8-5-10(3)11/h9-10,12H,4-8,11H2,1-3H3. The molecule has 0 aromatic carbocycles. The molecule has 2 nitrogen and oxygen atoms in total. The second kappa shape index (κ2) is 8.85. The monoisotopic (exact) mass is 204 g/mol. The van der Waals surface area contributed by atoms with Crippen molar-refractivity contribution < 1.29 is 0 Å². The Morgan fingerprint density at radius 2 is 1.92 bits per heavy atom. The van der Waals surface area contributed by atoms with Gasteiger partial charge in [-0.1, -0.05) is 13.8 Å². The fourth-order valence-corrected chi connectivity index (χ4v) is 2.03. The molecule has 1 atom stereocenters. The lowest BCUT2D eigenvalue weighted by atomic mass is 10.3. The van der Waals surface area contributed by atoms with Gasteiger partial charge in [-0.05, 0) is 37.8 Å². The highest BCUT2D eigenvalue weighted by Gasteiger charge is 1.95. The molecule has 0 aliphatic rings. The predicted molar refractivity (Wildman–Crippen MR) is 63.3 cm³/mol. The van der Waals surface area contributed by atoms with Crippen molar-refractivity contribution in [3.63, 3.8) is 0 Å². The molecule has 3 N–H and O–H groups in total. The van der Waals surface area contributed by atoms with Crippen LogP contribution in [0.25, 0.3) is 0 Å². The molecule has 0 amide bonds. The van der Waals surface area contributed by atoms with Gasteiger partial charge >= 0.3 is 0 Å². The van der Waals surface area contributed by atoms with Gasteiger partial charge < -0.3 is 11.1 Å². The van der Waals surface area contributed by atoms with Crippen molar-refractivity contribution in [1.29, 1.82) is 0 Å². The molecular formula is C10H24N2S. The van der Waals surface area contributed by atoms with E-state index in [0.717, 1.165) is 13.0 Å². The molecule has 0 rings (SSSR count). The number of nitrogens with one attached hydrogen (secondary N) is 1.